The van der Waals surface area contributed by atoms with E-state index in [1.54, 1.807) is 23.1 Å². The number of benzene rings is 3. The summed E-state index contributed by atoms with van der Waals surface area (Å²) in [5, 5.41) is 25.6. The van der Waals surface area contributed by atoms with Crippen LogP contribution < -0.4 is 24.4 Å². The van der Waals surface area contributed by atoms with Crippen molar-refractivity contribution >= 4 is 62.5 Å². The van der Waals surface area contributed by atoms with Gasteiger partial charge < -0.3 is 44.1 Å². The molecule has 48 heavy (non-hydrogen) atoms. The van der Waals surface area contributed by atoms with Crippen molar-refractivity contribution in [2.45, 2.75) is 19.1 Å². The van der Waals surface area contributed by atoms with Gasteiger partial charge in [-0.15, -0.1) is 11.6 Å². The number of halogens is 1. The van der Waals surface area contributed by atoms with E-state index in [4.69, 9.17) is 30.5 Å². The summed E-state index contributed by atoms with van der Waals surface area (Å²) in [6.45, 7) is -0.561. The molecule has 0 bridgehead atoms. The molecule has 0 spiro atoms. The Bertz CT molecular complexity index is 2060. The highest BCUT2D eigenvalue weighted by atomic mass is 35.5. The zero-order valence-electron chi connectivity index (χ0n) is 26.1. The van der Waals surface area contributed by atoms with Gasteiger partial charge in [0.25, 0.3) is 5.91 Å². The number of nitro groups is 1. The summed E-state index contributed by atoms with van der Waals surface area (Å²) in [7, 11) is 4.51. The number of nitrogens with one attached hydrogen (secondary N) is 2. The number of hydrogen-bond donors (Lipinski definition) is 3. The number of imidazole rings is 1. The number of H-pyrrole nitrogens is 1. The molecule has 3 heterocycles. The van der Waals surface area contributed by atoms with Crippen LogP contribution in [-0.4, -0.2) is 76.9 Å². The summed E-state index contributed by atoms with van der Waals surface area (Å²) in [6, 6.07) is 12.6. The fourth-order valence-corrected chi connectivity index (χ4v) is 6.41. The lowest BCUT2D eigenvalue weighted by Crippen LogP contribution is -2.30. The predicted octanol–water partition coefficient (Wildman–Crippen LogP) is 5.18. The number of methoxy groups -OCH3 is 3. The highest BCUT2D eigenvalue weighted by molar-refractivity contribution is 6.20. The van der Waals surface area contributed by atoms with Crippen LogP contribution in [0, 0.1) is 10.1 Å². The molecule has 1 aliphatic heterocycles. The predicted molar refractivity (Wildman–Crippen MR) is 177 cm³/mol. The molecule has 3 aromatic carbocycles. The van der Waals surface area contributed by atoms with Crippen LogP contribution in [-0.2, 0) is 17.9 Å². The summed E-state index contributed by atoms with van der Waals surface area (Å²) in [5.74, 6) is 0.685. The third kappa shape index (κ3) is 5.56. The van der Waals surface area contributed by atoms with E-state index in [-0.39, 0.29) is 54.8 Å². The number of rotatable bonds is 11. The molecule has 3 N–H and O–H groups in total. The fourth-order valence-electron chi connectivity index (χ4n) is 6.16. The van der Waals surface area contributed by atoms with Gasteiger partial charge in [0, 0.05) is 29.1 Å². The Labute approximate surface area is 278 Å². The Morgan fingerprint density at radius 2 is 1.88 bits per heavy atom. The van der Waals surface area contributed by atoms with E-state index < -0.39 is 11.0 Å². The topological polar surface area (TPSA) is 183 Å². The molecule has 0 aliphatic carbocycles. The molecule has 2 aromatic heterocycles. The van der Waals surface area contributed by atoms with Crippen molar-refractivity contribution in [3.05, 3.63) is 75.9 Å². The monoisotopic (exact) mass is 678 g/mol. The third-order valence-electron chi connectivity index (χ3n) is 8.25. The molecule has 1 unspecified atom stereocenters. The maximum Gasteiger partial charge on any atom is 0.412 e. The number of carbonyl (C=O) groups excluding carboxylic acids is 2. The van der Waals surface area contributed by atoms with Crippen LogP contribution in [0.5, 0.6) is 17.2 Å². The number of aromatic nitrogens is 3. The van der Waals surface area contributed by atoms with E-state index in [9.17, 15) is 24.8 Å². The van der Waals surface area contributed by atoms with E-state index in [0.717, 1.165) is 17.1 Å². The largest absolute Gasteiger partial charge is 0.493 e. The number of hydrogen-bond acceptors (Lipinski definition) is 10. The number of aliphatic hydroxyl groups excluding tert-OH is 1. The van der Waals surface area contributed by atoms with Crippen LogP contribution in [0.1, 0.15) is 27.8 Å². The van der Waals surface area contributed by atoms with Crippen molar-refractivity contribution in [3.63, 3.8) is 0 Å². The summed E-state index contributed by atoms with van der Waals surface area (Å²) >= 11 is 6.46. The second kappa shape index (κ2) is 13.3. The van der Waals surface area contributed by atoms with Gasteiger partial charge in [0.1, 0.15) is 18.4 Å². The van der Waals surface area contributed by atoms with Crippen molar-refractivity contribution in [1.82, 2.24) is 14.5 Å². The van der Waals surface area contributed by atoms with Crippen molar-refractivity contribution in [1.29, 1.82) is 0 Å². The standard InChI is InChI=1S/C32H31ClN6O9/c1-45-24-11-17-10-22(35-28(17)30(47-3)29(24)46-2)31(41)38-15-18(13-33)27-20-7-5-4-6-19(20)21(12-23(27)38)36-32(42)48-16-25-34-14-26(39(43)44)37(25)8-9-40/h4-7,10-12,14,18,35,40H,8-9,13,15-16H2,1-3H3,(H,36,42). The van der Waals surface area contributed by atoms with Crippen LogP contribution in [0.15, 0.2) is 48.7 Å². The van der Waals surface area contributed by atoms with Crippen LogP contribution in [0.25, 0.3) is 21.7 Å². The molecule has 6 rings (SSSR count). The van der Waals surface area contributed by atoms with Gasteiger partial charge in [0.05, 0.1) is 44.8 Å². The molecule has 0 saturated heterocycles. The third-order valence-corrected chi connectivity index (χ3v) is 8.62. The molecule has 1 aliphatic rings. The quantitative estimate of drug-likeness (QED) is 0.0956. The molecule has 0 fully saturated rings. The molecular weight excluding hydrogens is 648 g/mol. The molecule has 1 atom stereocenters. The molecule has 5 aromatic rings. The van der Waals surface area contributed by atoms with Gasteiger partial charge in [0.2, 0.25) is 11.6 Å². The summed E-state index contributed by atoms with van der Waals surface area (Å²) < 4.78 is 23.1. The highest BCUT2D eigenvalue weighted by Gasteiger charge is 2.36. The molecule has 15 nitrogen and oxygen atoms in total. The number of alkyl halides is 1. The Kier molecular flexibility index (Phi) is 8.97. The second-order valence-corrected chi connectivity index (χ2v) is 11.1. The number of aromatic amines is 1. The zero-order valence-corrected chi connectivity index (χ0v) is 26.9. The lowest BCUT2D eigenvalue weighted by atomic mass is 9.95. The van der Waals surface area contributed by atoms with E-state index in [2.05, 4.69) is 15.3 Å². The van der Waals surface area contributed by atoms with Gasteiger partial charge in [-0.2, -0.15) is 0 Å². The van der Waals surface area contributed by atoms with Crippen LogP contribution in [0.4, 0.5) is 22.0 Å². The van der Waals surface area contributed by atoms with Gasteiger partial charge in [-0.1, -0.05) is 24.3 Å². The Balaban J connectivity index is 1.34. The van der Waals surface area contributed by atoms with Gasteiger partial charge in [0.15, 0.2) is 18.1 Å². The minimum absolute atomic E-state index is 0.0941. The minimum Gasteiger partial charge on any atom is -0.493 e. The second-order valence-electron chi connectivity index (χ2n) is 10.8. The smallest absolute Gasteiger partial charge is 0.412 e. The Morgan fingerprint density at radius 3 is 2.54 bits per heavy atom. The van der Waals surface area contributed by atoms with Crippen molar-refractivity contribution < 1.29 is 38.6 Å². The van der Waals surface area contributed by atoms with E-state index in [1.165, 1.54) is 25.9 Å². The summed E-state index contributed by atoms with van der Waals surface area (Å²) in [5.41, 5.74) is 2.65. The summed E-state index contributed by atoms with van der Waals surface area (Å²) in [4.78, 5) is 46.7. The molecule has 0 radical (unpaired) electrons. The molecule has 250 valence electrons. The first-order chi connectivity index (χ1) is 23.2. The van der Waals surface area contributed by atoms with Crippen molar-refractivity contribution in [3.8, 4) is 17.2 Å². The number of fused-ring (bicyclic) bond motifs is 4. The van der Waals surface area contributed by atoms with Gasteiger partial charge >= 0.3 is 11.9 Å². The number of amides is 2. The number of carbonyl (C=O) groups is 2. The molecule has 2 amide bonds. The number of aliphatic hydroxyl groups is 1. The van der Waals surface area contributed by atoms with Crippen LogP contribution in [0.2, 0.25) is 0 Å². The average Bonchev–Trinajstić information content (AvgIpc) is 3.81. The van der Waals surface area contributed by atoms with Crippen molar-refractivity contribution in [2.24, 2.45) is 0 Å². The maximum atomic E-state index is 14.2. The number of ether oxygens (including phenoxy) is 4. The van der Waals surface area contributed by atoms with Crippen molar-refractivity contribution in [2.75, 3.05) is 50.6 Å². The van der Waals surface area contributed by atoms with Gasteiger partial charge in [-0.25, -0.2) is 14.3 Å². The molecule has 16 heteroatoms. The Morgan fingerprint density at radius 1 is 1.12 bits per heavy atom. The number of anilines is 2. The van der Waals surface area contributed by atoms with Crippen LogP contribution in [0.3, 0.4) is 0 Å². The average molecular weight is 679 g/mol. The summed E-state index contributed by atoms with van der Waals surface area (Å²) in [6.07, 6.45) is 0.187. The van der Waals surface area contributed by atoms with E-state index in [0.29, 0.717) is 51.5 Å². The van der Waals surface area contributed by atoms with Crippen LogP contribution >= 0.6 is 11.6 Å². The lowest BCUT2D eigenvalue weighted by molar-refractivity contribution is -0.392. The SMILES string of the molecule is COc1cc2cc(C(=O)N3CC(CCl)c4c3cc(NC(=O)OCc3ncc([N+](=O)[O-])n3CCO)c3ccccc43)[nH]c2c(OC)c1OC. The Hall–Kier alpha value is -5.54. The van der Waals surface area contributed by atoms with Gasteiger partial charge in [-0.05, 0) is 34.1 Å². The van der Waals surface area contributed by atoms with E-state index in [1.807, 2.05) is 24.3 Å². The fraction of sp³-hybridized carbons (Fsp3) is 0.281. The first-order valence-electron chi connectivity index (χ1n) is 14.7. The lowest BCUT2D eigenvalue weighted by Gasteiger charge is -2.19. The maximum absolute atomic E-state index is 14.2. The zero-order chi connectivity index (χ0) is 34.1. The van der Waals surface area contributed by atoms with Gasteiger partial charge in [-0.3, -0.25) is 10.1 Å². The molecule has 0 saturated carbocycles. The molecular formula is C32H31ClN6O9. The minimum atomic E-state index is -0.850. The first kappa shape index (κ1) is 32.4. The highest BCUT2D eigenvalue weighted by Crippen LogP contribution is 2.46. The normalized spacial score (nSPS) is 13.9. The van der Waals surface area contributed by atoms with E-state index >= 15 is 0 Å². The first-order valence-corrected chi connectivity index (χ1v) is 15.3. The number of nitrogens with zero attached hydrogens (tertiary/aromatic N) is 4.